The number of hydrogen-bond acceptors (Lipinski definition) is 11. The number of halogens is 1. The number of β-lactam (4-membered cyclic amide) rings is 1. The predicted octanol–water partition coefficient (Wildman–Crippen LogP) is -1.55. The van der Waals surface area contributed by atoms with Gasteiger partial charge in [0, 0.05) is 28.9 Å². The summed E-state index contributed by atoms with van der Waals surface area (Å²) in [5, 5.41) is 17.6. The number of nitrogen functional groups attached to an aromatic ring is 1. The van der Waals surface area contributed by atoms with Crippen molar-refractivity contribution in [2.45, 2.75) is 18.0 Å². The number of amides is 2. The first kappa shape index (κ1) is 24.6. The van der Waals surface area contributed by atoms with E-state index in [9.17, 15) is 23.9 Å². The van der Waals surface area contributed by atoms with Gasteiger partial charge in [-0.05, 0) is 6.07 Å². The first-order valence-electron chi connectivity index (χ1n) is 10.9. The fourth-order valence-corrected chi connectivity index (χ4v) is 5.82. The lowest BCUT2D eigenvalue weighted by Gasteiger charge is -2.50. The standard InChI is InChI=1S/C21H19FN8O5S2/c22-4-8-35-26-13(16-25-21(23)37-27-16)17(31)24-14-18(32)30-15(20(33)34)11(10-36-19(14)30)9-29-7-6-28-5-2-1-3-12(28)29/h1-3,5-7,14,19H,4,8-10H2,(H3-,23,24,25,27,31,33,34)/b26-13-/t14-,19-/m1/s1. The van der Waals surface area contributed by atoms with Gasteiger partial charge in [-0.1, -0.05) is 11.2 Å². The average Bonchev–Trinajstić information content (AvgIpc) is 3.50. The fraction of sp³-hybridized carbons (Fsp3) is 0.286. The number of thioether (sulfide) groups is 1. The predicted molar refractivity (Wildman–Crippen MR) is 127 cm³/mol. The van der Waals surface area contributed by atoms with Crippen LogP contribution in [0.2, 0.25) is 0 Å². The molecular formula is C21H19FN8O5S2. The number of oxime groups is 1. The van der Waals surface area contributed by atoms with E-state index in [1.54, 1.807) is 0 Å². The van der Waals surface area contributed by atoms with Crippen LogP contribution >= 0.6 is 23.3 Å². The van der Waals surface area contributed by atoms with E-state index in [0.717, 1.165) is 22.1 Å². The van der Waals surface area contributed by atoms with Gasteiger partial charge in [0.1, 0.15) is 43.6 Å². The van der Waals surface area contributed by atoms with Crippen molar-refractivity contribution in [3.63, 3.8) is 0 Å². The Hall–Kier alpha value is -4.05. The summed E-state index contributed by atoms with van der Waals surface area (Å²) in [5.74, 6) is -2.80. The lowest BCUT2D eigenvalue weighted by atomic mass is 10.0. The zero-order valence-corrected chi connectivity index (χ0v) is 20.6. The van der Waals surface area contributed by atoms with Gasteiger partial charge >= 0.3 is 0 Å². The maximum atomic E-state index is 13.0. The van der Waals surface area contributed by atoms with Gasteiger partial charge in [-0.3, -0.25) is 14.5 Å². The number of aromatic nitrogens is 4. The molecule has 0 spiro atoms. The highest BCUT2D eigenvalue weighted by Gasteiger charge is 2.53. The monoisotopic (exact) mass is 546 g/mol. The van der Waals surface area contributed by atoms with Gasteiger partial charge in [0.2, 0.25) is 11.5 Å². The highest BCUT2D eigenvalue weighted by atomic mass is 32.2. The van der Waals surface area contributed by atoms with Crippen molar-refractivity contribution in [1.82, 2.24) is 24.0 Å². The third-order valence-electron chi connectivity index (χ3n) is 5.65. The molecule has 1 saturated heterocycles. The lowest BCUT2D eigenvalue weighted by molar-refractivity contribution is -0.662. The van der Waals surface area contributed by atoms with Crippen molar-refractivity contribution in [3.8, 4) is 0 Å². The van der Waals surface area contributed by atoms with Crippen LogP contribution < -0.4 is 20.7 Å². The van der Waals surface area contributed by atoms with Gasteiger partial charge in [-0.2, -0.15) is 9.36 Å². The van der Waals surface area contributed by atoms with Gasteiger partial charge in [0.05, 0.1) is 17.9 Å². The molecule has 5 rings (SSSR count). The summed E-state index contributed by atoms with van der Waals surface area (Å²) in [7, 11) is 0. The van der Waals surface area contributed by atoms with E-state index in [0.29, 0.717) is 11.3 Å². The lowest BCUT2D eigenvalue weighted by Crippen LogP contribution is -2.71. The number of nitrogens with one attached hydrogen (secondary N) is 1. The summed E-state index contributed by atoms with van der Waals surface area (Å²) in [6, 6.07) is 4.59. The molecule has 0 unspecified atom stereocenters. The Bertz CT molecular complexity index is 1450. The molecule has 2 aliphatic rings. The van der Waals surface area contributed by atoms with Crippen molar-refractivity contribution in [2.75, 3.05) is 24.8 Å². The normalized spacial score (nSPS) is 19.5. The Kier molecular flexibility index (Phi) is 6.75. The van der Waals surface area contributed by atoms with Crippen LogP contribution in [0.25, 0.3) is 5.65 Å². The van der Waals surface area contributed by atoms with Crippen LogP contribution in [0.3, 0.4) is 0 Å². The molecule has 5 heterocycles. The van der Waals surface area contributed by atoms with Crippen molar-refractivity contribution < 1.29 is 33.3 Å². The molecule has 0 bridgehead atoms. The molecule has 3 aromatic heterocycles. The third-order valence-corrected chi connectivity index (χ3v) is 7.53. The Labute approximate surface area is 216 Å². The van der Waals surface area contributed by atoms with E-state index >= 15 is 0 Å². The first-order chi connectivity index (χ1) is 17.9. The largest absolute Gasteiger partial charge is 0.543 e. The topological polar surface area (TPSA) is 171 Å². The maximum absolute atomic E-state index is 13.0. The number of carboxylic acid groups (broad SMARTS) is 1. The Morgan fingerprint density at radius 2 is 2.22 bits per heavy atom. The number of alkyl halides is 1. The second-order valence-electron chi connectivity index (χ2n) is 7.91. The molecule has 16 heteroatoms. The van der Waals surface area contributed by atoms with E-state index in [4.69, 9.17) is 10.6 Å². The van der Waals surface area contributed by atoms with Crippen molar-refractivity contribution in [1.29, 1.82) is 0 Å². The van der Waals surface area contributed by atoms with Gasteiger partial charge in [-0.15, -0.1) is 11.8 Å². The van der Waals surface area contributed by atoms with Gasteiger partial charge < -0.3 is 25.8 Å². The van der Waals surface area contributed by atoms with Crippen LogP contribution in [0.15, 0.2) is 53.2 Å². The number of carboxylic acids is 1. The SMILES string of the molecule is Nc1nc(/C(=N/OCCF)C(=O)N[C@@H]2C(=O)N3C(C(=O)[O-])=C(C[n+]4ccn5ccccc54)CS[C@H]23)ns1. The smallest absolute Gasteiger partial charge is 0.286 e. The number of hydrogen-bond donors (Lipinski definition) is 2. The highest BCUT2D eigenvalue weighted by molar-refractivity contribution is 8.00. The maximum Gasteiger partial charge on any atom is 0.286 e. The van der Waals surface area contributed by atoms with E-state index in [1.165, 1.54) is 11.8 Å². The van der Waals surface area contributed by atoms with Crippen LogP contribution in [0.1, 0.15) is 5.82 Å². The van der Waals surface area contributed by atoms with Gasteiger partial charge in [0.25, 0.3) is 17.5 Å². The molecule has 2 aliphatic heterocycles. The summed E-state index contributed by atoms with van der Waals surface area (Å²) in [6.07, 6.45) is 5.53. The van der Waals surface area contributed by atoms with Crippen molar-refractivity contribution in [2.24, 2.45) is 5.16 Å². The molecule has 0 aliphatic carbocycles. The van der Waals surface area contributed by atoms with E-state index in [1.807, 2.05) is 45.8 Å². The molecule has 13 nitrogen and oxygen atoms in total. The minimum atomic E-state index is -1.48. The van der Waals surface area contributed by atoms with Gasteiger partial charge in [-0.25, -0.2) is 13.4 Å². The summed E-state index contributed by atoms with van der Waals surface area (Å²) < 4.78 is 20.1. The summed E-state index contributed by atoms with van der Waals surface area (Å²) in [4.78, 5) is 47.8. The van der Waals surface area contributed by atoms with E-state index in [-0.39, 0.29) is 28.9 Å². The van der Waals surface area contributed by atoms with Gasteiger partial charge in [0.15, 0.2) is 5.13 Å². The van der Waals surface area contributed by atoms with Crippen LogP contribution in [0, 0.1) is 0 Å². The molecule has 3 N–H and O–H groups in total. The van der Waals surface area contributed by atoms with Crippen LogP contribution in [0.5, 0.6) is 0 Å². The Balaban J connectivity index is 1.36. The number of fused-ring (bicyclic) bond motifs is 2. The van der Waals surface area contributed by atoms with Crippen LogP contribution in [-0.2, 0) is 25.8 Å². The summed E-state index contributed by atoms with van der Waals surface area (Å²) in [5.41, 5.74) is 6.33. The second-order valence-corrected chi connectivity index (χ2v) is 9.80. The zero-order valence-electron chi connectivity index (χ0n) is 18.9. The molecule has 2 atom stereocenters. The van der Waals surface area contributed by atoms with E-state index < -0.39 is 42.5 Å². The molecule has 192 valence electrons. The minimum absolute atomic E-state index is 0.0693. The minimum Gasteiger partial charge on any atom is -0.543 e. The van der Waals surface area contributed by atoms with Crippen LogP contribution in [0.4, 0.5) is 9.52 Å². The molecule has 0 radical (unpaired) electrons. The number of pyridine rings is 1. The Morgan fingerprint density at radius 3 is 2.95 bits per heavy atom. The van der Waals surface area contributed by atoms with Crippen molar-refractivity contribution in [3.05, 3.63) is 53.9 Å². The summed E-state index contributed by atoms with van der Waals surface area (Å²) in [6.45, 7) is -0.995. The number of nitrogens with two attached hydrogens (primary N) is 1. The number of aliphatic carboxylic acids is 1. The molecule has 2 amide bonds. The average molecular weight is 547 g/mol. The zero-order chi connectivity index (χ0) is 26.1. The third kappa shape index (κ3) is 4.60. The number of carbonyl (C=O) groups is 3. The Morgan fingerprint density at radius 1 is 1.38 bits per heavy atom. The molecule has 1 fully saturated rings. The molecule has 0 aromatic carbocycles. The fourth-order valence-electron chi connectivity index (χ4n) is 4.05. The second kappa shape index (κ2) is 10.1. The number of imidazole rings is 1. The number of nitrogens with zero attached hydrogens (tertiary/aromatic N) is 6. The molecular weight excluding hydrogens is 527 g/mol. The van der Waals surface area contributed by atoms with E-state index in [2.05, 4.69) is 19.8 Å². The van der Waals surface area contributed by atoms with Crippen LogP contribution in [-0.4, -0.2) is 72.6 Å². The highest BCUT2D eigenvalue weighted by Crippen LogP contribution is 2.40. The number of carbonyl (C=O) groups excluding carboxylic acids is 3. The summed E-state index contributed by atoms with van der Waals surface area (Å²) >= 11 is 2.13. The first-order valence-corrected chi connectivity index (χ1v) is 12.7. The quantitative estimate of drug-likeness (QED) is 0.106. The number of rotatable bonds is 9. The molecule has 3 aromatic rings. The molecule has 37 heavy (non-hydrogen) atoms. The van der Waals surface area contributed by atoms with Crippen molar-refractivity contribution >= 4 is 57.6 Å². The number of anilines is 1. The molecule has 0 saturated carbocycles.